The molecule has 0 aromatic carbocycles. The molecule has 0 saturated carbocycles. The number of hydrogen-bond donors (Lipinski definition) is 0. The van der Waals surface area contributed by atoms with Crippen LogP contribution >= 0.6 is 0 Å². The molecule has 0 spiro atoms. The fourth-order valence-corrected chi connectivity index (χ4v) is 0.878. The number of nitrogens with zero attached hydrogens (tertiary/aromatic N) is 1. The first-order valence-electron chi connectivity index (χ1n) is 3.17. The summed E-state index contributed by atoms with van der Waals surface area (Å²) in [5.74, 6) is 0. The van der Waals surface area contributed by atoms with E-state index < -0.39 is 0 Å². The smallest absolute Gasteiger partial charge is 0.137 e. The Morgan fingerprint density at radius 2 is 2.44 bits per heavy atom. The zero-order valence-corrected chi connectivity index (χ0v) is 5.98. The lowest BCUT2D eigenvalue weighted by Crippen LogP contribution is -2.18. The second kappa shape index (κ2) is 2.01. The van der Waals surface area contributed by atoms with Crippen molar-refractivity contribution in [2.45, 2.75) is 32.3 Å². The molecule has 0 atom stereocenters. The Hall–Kier alpha value is -0.530. The number of rotatable bonds is 1. The van der Waals surface area contributed by atoms with Gasteiger partial charge in [-0.2, -0.15) is 0 Å². The van der Waals surface area contributed by atoms with Crippen LogP contribution in [0.3, 0.4) is 0 Å². The molecule has 0 saturated heterocycles. The molecule has 0 aliphatic carbocycles. The lowest BCUT2D eigenvalue weighted by molar-refractivity contribution is 0.0123. The lowest BCUT2D eigenvalue weighted by Gasteiger charge is -2.12. The SMILES string of the molecule is [CH2]CC1=NOC(C)(C)C1. The monoisotopic (exact) mass is 126 g/mol. The van der Waals surface area contributed by atoms with Crippen molar-refractivity contribution in [1.82, 2.24) is 0 Å². The highest BCUT2D eigenvalue weighted by Crippen LogP contribution is 2.22. The maximum absolute atomic E-state index is 5.09. The molecule has 1 rings (SSSR count). The van der Waals surface area contributed by atoms with Crippen LogP contribution in [0.25, 0.3) is 0 Å². The van der Waals surface area contributed by atoms with Crippen molar-refractivity contribution in [1.29, 1.82) is 0 Å². The molecule has 1 heterocycles. The summed E-state index contributed by atoms with van der Waals surface area (Å²) in [5, 5.41) is 3.86. The average molecular weight is 126 g/mol. The Balaban J connectivity index is 2.50. The van der Waals surface area contributed by atoms with Crippen molar-refractivity contribution >= 4 is 5.71 Å². The van der Waals surface area contributed by atoms with Gasteiger partial charge in [0, 0.05) is 6.42 Å². The third kappa shape index (κ3) is 1.44. The van der Waals surface area contributed by atoms with Gasteiger partial charge in [0.15, 0.2) is 0 Å². The van der Waals surface area contributed by atoms with Crippen LogP contribution in [0.15, 0.2) is 5.16 Å². The minimum atomic E-state index is -0.0764. The zero-order valence-electron chi connectivity index (χ0n) is 5.98. The molecule has 0 amide bonds. The molecular formula is C7H12NO. The fraction of sp³-hybridized carbons (Fsp3) is 0.714. The zero-order chi connectivity index (χ0) is 6.91. The Morgan fingerprint density at radius 1 is 1.78 bits per heavy atom. The van der Waals surface area contributed by atoms with Crippen LogP contribution in [-0.2, 0) is 4.84 Å². The van der Waals surface area contributed by atoms with E-state index in [2.05, 4.69) is 12.1 Å². The van der Waals surface area contributed by atoms with Crippen molar-refractivity contribution < 1.29 is 4.84 Å². The summed E-state index contributed by atoms with van der Waals surface area (Å²) in [7, 11) is 0. The van der Waals surface area contributed by atoms with Crippen LogP contribution in [0.4, 0.5) is 0 Å². The van der Waals surface area contributed by atoms with Crippen molar-refractivity contribution in [3.8, 4) is 0 Å². The van der Waals surface area contributed by atoms with Gasteiger partial charge in [-0.15, -0.1) is 0 Å². The number of oxime groups is 1. The van der Waals surface area contributed by atoms with Gasteiger partial charge < -0.3 is 4.84 Å². The molecule has 0 aromatic rings. The first kappa shape index (κ1) is 6.59. The summed E-state index contributed by atoms with van der Waals surface area (Å²) in [6.45, 7) is 7.78. The van der Waals surface area contributed by atoms with E-state index in [1.807, 2.05) is 13.8 Å². The first-order chi connectivity index (χ1) is 4.14. The largest absolute Gasteiger partial charge is 0.389 e. The molecule has 2 heteroatoms. The van der Waals surface area contributed by atoms with Gasteiger partial charge in [0.25, 0.3) is 0 Å². The first-order valence-corrected chi connectivity index (χ1v) is 3.17. The highest BCUT2D eigenvalue weighted by atomic mass is 16.7. The molecule has 9 heavy (non-hydrogen) atoms. The van der Waals surface area contributed by atoms with E-state index >= 15 is 0 Å². The van der Waals surface area contributed by atoms with Crippen LogP contribution < -0.4 is 0 Å². The molecular weight excluding hydrogens is 114 g/mol. The minimum Gasteiger partial charge on any atom is -0.389 e. The van der Waals surface area contributed by atoms with Crippen LogP contribution in [0.1, 0.15) is 26.7 Å². The quantitative estimate of drug-likeness (QED) is 0.524. The summed E-state index contributed by atoms with van der Waals surface area (Å²) < 4.78 is 0. The van der Waals surface area contributed by atoms with Gasteiger partial charge in [-0.3, -0.25) is 0 Å². The summed E-state index contributed by atoms with van der Waals surface area (Å²) in [6, 6.07) is 0. The Labute approximate surface area is 55.9 Å². The van der Waals surface area contributed by atoms with Gasteiger partial charge in [-0.1, -0.05) is 5.16 Å². The fourth-order valence-electron chi connectivity index (χ4n) is 0.878. The maximum atomic E-state index is 5.09. The van der Waals surface area contributed by atoms with E-state index in [0.717, 1.165) is 18.6 Å². The van der Waals surface area contributed by atoms with Gasteiger partial charge in [0.1, 0.15) is 5.60 Å². The van der Waals surface area contributed by atoms with Gasteiger partial charge in [-0.25, -0.2) is 0 Å². The molecule has 0 fully saturated rings. The van der Waals surface area contributed by atoms with Gasteiger partial charge in [0.05, 0.1) is 5.71 Å². The van der Waals surface area contributed by atoms with Crippen molar-refractivity contribution in [3.05, 3.63) is 6.92 Å². The number of hydrogen-bond acceptors (Lipinski definition) is 2. The topological polar surface area (TPSA) is 21.6 Å². The van der Waals surface area contributed by atoms with E-state index in [-0.39, 0.29) is 5.60 Å². The lowest BCUT2D eigenvalue weighted by atomic mass is 10.0. The standard InChI is InChI=1S/C7H12NO/c1-4-6-5-7(2,3)9-8-6/h1,4-5H2,2-3H3. The third-order valence-electron chi connectivity index (χ3n) is 1.34. The Morgan fingerprint density at radius 3 is 2.67 bits per heavy atom. The van der Waals surface area contributed by atoms with Crippen molar-refractivity contribution in [2.24, 2.45) is 5.16 Å². The predicted octanol–water partition coefficient (Wildman–Crippen LogP) is 1.77. The van der Waals surface area contributed by atoms with E-state index in [0.29, 0.717) is 0 Å². The molecule has 0 unspecified atom stereocenters. The summed E-state index contributed by atoms with van der Waals surface area (Å²) in [5.41, 5.74) is 0.993. The van der Waals surface area contributed by atoms with Crippen LogP contribution in [0.2, 0.25) is 0 Å². The van der Waals surface area contributed by atoms with Crippen LogP contribution in [0.5, 0.6) is 0 Å². The summed E-state index contributed by atoms with van der Waals surface area (Å²) in [6.07, 6.45) is 1.69. The van der Waals surface area contributed by atoms with E-state index in [9.17, 15) is 0 Å². The highest BCUT2D eigenvalue weighted by Gasteiger charge is 2.27. The second-order valence-corrected chi connectivity index (χ2v) is 2.94. The summed E-state index contributed by atoms with van der Waals surface area (Å²) in [4.78, 5) is 5.09. The van der Waals surface area contributed by atoms with E-state index in [1.165, 1.54) is 0 Å². The van der Waals surface area contributed by atoms with E-state index in [4.69, 9.17) is 4.84 Å². The van der Waals surface area contributed by atoms with Gasteiger partial charge >= 0.3 is 0 Å². The molecule has 0 N–H and O–H groups in total. The van der Waals surface area contributed by atoms with Crippen LogP contribution in [0, 0.1) is 6.92 Å². The molecule has 1 aliphatic rings. The van der Waals surface area contributed by atoms with Gasteiger partial charge in [-0.05, 0) is 27.2 Å². The van der Waals surface area contributed by atoms with Crippen molar-refractivity contribution in [3.63, 3.8) is 0 Å². The average Bonchev–Trinajstić information content (AvgIpc) is 2.10. The second-order valence-electron chi connectivity index (χ2n) is 2.94. The minimum absolute atomic E-state index is 0.0764. The van der Waals surface area contributed by atoms with Crippen LogP contribution in [-0.4, -0.2) is 11.3 Å². The predicted molar refractivity (Wildman–Crippen MR) is 37.2 cm³/mol. The third-order valence-corrected chi connectivity index (χ3v) is 1.34. The molecule has 0 bridgehead atoms. The Bertz CT molecular complexity index is 138. The molecule has 1 radical (unpaired) electrons. The molecule has 2 nitrogen and oxygen atoms in total. The normalized spacial score (nSPS) is 23.2. The summed E-state index contributed by atoms with van der Waals surface area (Å²) >= 11 is 0. The van der Waals surface area contributed by atoms with Crippen molar-refractivity contribution in [2.75, 3.05) is 0 Å². The van der Waals surface area contributed by atoms with E-state index in [1.54, 1.807) is 0 Å². The molecule has 1 aliphatic heterocycles. The Kier molecular flexibility index (Phi) is 1.47. The van der Waals surface area contributed by atoms with Gasteiger partial charge in [0.2, 0.25) is 0 Å². The molecule has 51 valence electrons. The molecule has 0 aromatic heterocycles. The highest BCUT2D eigenvalue weighted by molar-refractivity contribution is 5.86. The maximum Gasteiger partial charge on any atom is 0.137 e.